The van der Waals surface area contributed by atoms with E-state index in [2.05, 4.69) is 5.32 Å². The van der Waals surface area contributed by atoms with Crippen molar-refractivity contribution < 1.29 is 19.4 Å². The molecule has 6 nitrogen and oxygen atoms in total. The van der Waals surface area contributed by atoms with Gasteiger partial charge in [0.15, 0.2) is 6.10 Å². The van der Waals surface area contributed by atoms with Gasteiger partial charge in [-0.25, -0.2) is 0 Å². The van der Waals surface area contributed by atoms with Gasteiger partial charge in [0.05, 0.1) is 31.5 Å². The highest BCUT2D eigenvalue weighted by Gasteiger charge is 2.32. The van der Waals surface area contributed by atoms with Crippen LogP contribution in [0.2, 0.25) is 0 Å². The van der Waals surface area contributed by atoms with E-state index in [1.807, 2.05) is 24.3 Å². The highest BCUT2D eigenvalue weighted by atomic mass is 16.5. The van der Waals surface area contributed by atoms with Crippen molar-refractivity contribution in [1.29, 1.82) is 0 Å². The number of benzene rings is 1. The second-order valence-electron chi connectivity index (χ2n) is 4.94. The van der Waals surface area contributed by atoms with Gasteiger partial charge < -0.3 is 24.8 Å². The number of hydrogen-bond acceptors (Lipinski definition) is 5. The average Bonchev–Trinajstić information content (AvgIpc) is 2.53. The molecule has 20 heavy (non-hydrogen) atoms. The highest BCUT2D eigenvalue weighted by Crippen LogP contribution is 2.28. The first-order valence-corrected chi connectivity index (χ1v) is 6.78. The first-order valence-electron chi connectivity index (χ1n) is 6.78. The van der Waals surface area contributed by atoms with Crippen LogP contribution >= 0.6 is 0 Å². The van der Waals surface area contributed by atoms with Gasteiger partial charge in [0.25, 0.3) is 5.91 Å². The summed E-state index contributed by atoms with van der Waals surface area (Å²) in [6.45, 7) is 1.79. The van der Waals surface area contributed by atoms with Crippen molar-refractivity contribution in [2.24, 2.45) is 0 Å². The molecule has 3 rings (SSSR count). The molecule has 0 aromatic heterocycles. The molecule has 2 atom stereocenters. The number of carbonyl (C=O) groups is 1. The molecular formula is C14H18N2O4. The van der Waals surface area contributed by atoms with Crippen molar-refractivity contribution >= 4 is 11.6 Å². The number of nitrogens with one attached hydrogen (secondary N) is 1. The van der Waals surface area contributed by atoms with Gasteiger partial charge in [-0.3, -0.25) is 4.79 Å². The van der Waals surface area contributed by atoms with Gasteiger partial charge in [0.2, 0.25) is 0 Å². The minimum Gasteiger partial charge on any atom is -0.477 e. The summed E-state index contributed by atoms with van der Waals surface area (Å²) < 4.78 is 11.1. The highest BCUT2D eigenvalue weighted by molar-refractivity contribution is 5.83. The smallest absolute Gasteiger partial charge is 0.265 e. The normalized spacial score (nSPS) is 25.4. The number of aliphatic hydroxyl groups excluding tert-OH is 1. The molecule has 108 valence electrons. The summed E-state index contributed by atoms with van der Waals surface area (Å²) in [6.07, 6.45) is -0.820. The number of hydrogen-bond donors (Lipinski definition) is 2. The largest absolute Gasteiger partial charge is 0.477 e. The minimum absolute atomic E-state index is 0.0613. The minimum atomic E-state index is -0.526. The molecule has 6 heteroatoms. The number of anilines is 1. The summed E-state index contributed by atoms with van der Waals surface area (Å²) in [5.74, 6) is 0.637. The third kappa shape index (κ3) is 2.57. The maximum atomic E-state index is 12.4. The van der Waals surface area contributed by atoms with Gasteiger partial charge in [0.1, 0.15) is 5.75 Å². The monoisotopic (exact) mass is 278 g/mol. The zero-order valence-electron chi connectivity index (χ0n) is 11.1. The third-order valence-corrected chi connectivity index (χ3v) is 3.56. The molecule has 1 aromatic rings. The zero-order valence-corrected chi connectivity index (χ0v) is 11.1. The van der Waals surface area contributed by atoms with E-state index in [1.165, 1.54) is 0 Å². The maximum Gasteiger partial charge on any atom is 0.265 e. The Morgan fingerprint density at radius 1 is 1.45 bits per heavy atom. The quantitative estimate of drug-likeness (QED) is 0.801. The standard InChI is InChI=1S/C14H18N2O4/c17-9-10-8-16(5-6-19-10)14(18)13-7-15-11-3-1-2-4-12(11)20-13/h1-4,10,13,15,17H,5-9H2. The zero-order chi connectivity index (χ0) is 13.9. The van der Waals surface area contributed by atoms with Crippen LogP contribution < -0.4 is 10.1 Å². The van der Waals surface area contributed by atoms with Crippen LogP contribution in [0.4, 0.5) is 5.69 Å². The third-order valence-electron chi connectivity index (χ3n) is 3.56. The number of ether oxygens (including phenoxy) is 2. The molecule has 2 aliphatic rings. The van der Waals surface area contributed by atoms with Crippen LogP contribution in [0.3, 0.4) is 0 Å². The molecule has 2 aliphatic heterocycles. The van der Waals surface area contributed by atoms with E-state index in [4.69, 9.17) is 14.6 Å². The van der Waals surface area contributed by atoms with Crippen molar-refractivity contribution in [2.75, 3.05) is 38.2 Å². The number of morpholine rings is 1. The first-order chi connectivity index (χ1) is 9.78. The Balaban J connectivity index is 1.67. The molecule has 0 bridgehead atoms. The van der Waals surface area contributed by atoms with Crippen molar-refractivity contribution in [2.45, 2.75) is 12.2 Å². The lowest BCUT2D eigenvalue weighted by atomic mass is 10.2. The number of carbonyl (C=O) groups excluding carboxylic acids is 1. The molecule has 1 aromatic carbocycles. The molecule has 1 fully saturated rings. The second kappa shape index (κ2) is 5.68. The molecule has 0 radical (unpaired) electrons. The van der Waals surface area contributed by atoms with Gasteiger partial charge in [0, 0.05) is 13.1 Å². The van der Waals surface area contributed by atoms with E-state index in [1.54, 1.807) is 4.90 Å². The summed E-state index contributed by atoms with van der Waals surface area (Å²) in [5.41, 5.74) is 0.909. The summed E-state index contributed by atoms with van der Waals surface area (Å²) in [5, 5.41) is 12.3. The second-order valence-corrected chi connectivity index (χ2v) is 4.94. The average molecular weight is 278 g/mol. The molecule has 2 N–H and O–H groups in total. The number of fused-ring (bicyclic) bond motifs is 1. The summed E-state index contributed by atoms with van der Waals surface area (Å²) in [6, 6.07) is 7.57. The van der Waals surface area contributed by atoms with Gasteiger partial charge >= 0.3 is 0 Å². The van der Waals surface area contributed by atoms with Crippen LogP contribution in [0.25, 0.3) is 0 Å². The SMILES string of the molecule is O=C(C1CNc2ccccc2O1)N1CCOC(CO)C1. The van der Waals surface area contributed by atoms with Crippen LogP contribution in [0.1, 0.15) is 0 Å². The summed E-state index contributed by atoms with van der Waals surface area (Å²) in [7, 11) is 0. The van der Waals surface area contributed by atoms with Gasteiger partial charge in [-0.05, 0) is 12.1 Å². The van der Waals surface area contributed by atoms with Crippen LogP contribution in [-0.4, -0.2) is 61.0 Å². The van der Waals surface area contributed by atoms with E-state index in [0.717, 1.165) is 5.69 Å². The Morgan fingerprint density at radius 3 is 3.15 bits per heavy atom. The predicted molar refractivity (Wildman–Crippen MR) is 72.8 cm³/mol. The van der Waals surface area contributed by atoms with Crippen LogP contribution in [0, 0.1) is 0 Å². The molecule has 0 saturated carbocycles. The molecule has 0 spiro atoms. The number of amides is 1. The Labute approximate surface area is 117 Å². The Kier molecular flexibility index (Phi) is 3.75. The number of rotatable bonds is 2. The van der Waals surface area contributed by atoms with Crippen LogP contribution in [0.5, 0.6) is 5.75 Å². The van der Waals surface area contributed by atoms with Gasteiger partial charge in [-0.2, -0.15) is 0 Å². The Hall–Kier alpha value is -1.79. The lowest BCUT2D eigenvalue weighted by Gasteiger charge is -2.35. The van der Waals surface area contributed by atoms with Crippen LogP contribution in [0.15, 0.2) is 24.3 Å². The van der Waals surface area contributed by atoms with E-state index in [9.17, 15) is 4.79 Å². The van der Waals surface area contributed by atoms with Crippen molar-refractivity contribution in [3.63, 3.8) is 0 Å². The molecule has 0 aliphatic carbocycles. The summed E-state index contributed by atoms with van der Waals surface area (Å²) in [4.78, 5) is 14.1. The fraction of sp³-hybridized carbons (Fsp3) is 0.500. The van der Waals surface area contributed by atoms with Gasteiger partial charge in [-0.15, -0.1) is 0 Å². The molecular weight excluding hydrogens is 260 g/mol. The number of aliphatic hydroxyl groups is 1. The van der Waals surface area contributed by atoms with E-state index in [0.29, 0.717) is 32.0 Å². The molecule has 1 saturated heterocycles. The Bertz CT molecular complexity index is 494. The van der Waals surface area contributed by atoms with Gasteiger partial charge in [-0.1, -0.05) is 12.1 Å². The van der Waals surface area contributed by atoms with Crippen molar-refractivity contribution in [1.82, 2.24) is 4.90 Å². The summed E-state index contributed by atoms with van der Waals surface area (Å²) >= 11 is 0. The van der Waals surface area contributed by atoms with Crippen molar-refractivity contribution in [3.05, 3.63) is 24.3 Å². The van der Waals surface area contributed by atoms with Crippen LogP contribution in [-0.2, 0) is 9.53 Å². The fourth-order valence-corrected chi connectivity index (χ4v) is 2.48. The lowest BCUT2D eigenvalue weighted by molar-refractivity contribution is -0.147. The first kappa shape index (κ1) is 13.2. The van der Waals surface area contributed by atoms with E-state index < -0.39 is 6.10 Å². The topological polar surface area (TPSA) is 71.0 Å². The number of nitrogens with zero attached hydrogens (tertiary/aromatic N) is 1. The van der Waals surface area contributed by atoms with E-state index in [-0.39, 0.29) is 18.6 Å². The maximum absolute atomic E-state index is 12.4. The Morgan fingerprint density at radius 2 is 2.30 bits per heavy atom. The predicted octanol–water partition coefficient (Wildman–Crippen LogP) is 0.0792. The van der Waals surface area contributed by atoms with E-state index >= 15 is 0 Å². The van der Waals surface area contributed by atoms with Crippen molar-refractivity contribution in [3.8, 4) is 5.75 Å². The lowest BCUT2D eigenvalue weighted by Crippen LogP contribution is -2.53. The fourth-order valence-electron chi connectivity index (χ4n) is 2.48. The molecule has 1 amide bonds. The molecule has 2 heterocycles. The number of para-hydroxylation sites is 2. The molecule has 2 unspecified atom stereocenters.